The van der Waals surface area contributed by atoms with Crippen LogP contribution in [-0.2, 0) is 4.79 Å². The van der Waals surface area contributed by atoms with Crippen LogP contribution in [0.25, 0.3) is 10.9 Å². The minimum atomic E-state index is -1.28. The monoisotopic (exact) mass is 539 g/mol. The average Bonchev–Trinajstić information content (AvgIpc) is 2.92. The zero-order valence-corrected chi connectivity index (χ0v) is 22.0. The van der Waals surface area contributed by atoms with Crippen molar-refractivity contribution in [2.24, 2.45) is 11.8 Å². The Labute approximate surface area is 226 Å². The van der Waals surface area contributed by atoms with Gasteiger partial charge in [0, 0.05) is 36.7 Å². The van der Waals surface area contributed by atoms with Crippen molar-refractivity contribution in [3.63, 3.8) is 0 Å². The second kappa shape index (κ2) is 13.0. The van der Waals surface area contributed by atoms with E-state index in [9.17, 15) is 23.1 Å². The summed E-state index contributed by atoms with van der Waals surface area (Å²) in [5.74, 6) is 2.00. The number of carbonyl (C=O) groups is 1. The molecule has 1 saturated heterocycles. The molecule has 2 N–H and O–H groups in total. The van der Waals surface area contributed by atoms with Gasteiger partial charge >= 0.3 is 5.97 Å². The van der Waals surface area contributed by atoms with Gasteiger partial charge in [-0.2, -0.15) is 0 Å². The minimum Gasteiger partial charge on any atom is -0.497 e. The lowest BCUT2D eigenvalue weighted by Gasteiger charge is -2.38. The minimum absolute atomic E-state index is 0.0396. The van der Waals surface area contributed by atoms with Crippen molar-refractivity contribution < 1.29 is 27.8 Å². The fourth-order valence-electron chi connectivity index (χ4n) is 5.44. The van der Waals surface area contributed by atoms with E-state index in [1.807, 2.05) is 36.2 Å². The molecule has 3 aromatic rings. The molecule has 0 bridgehead atoms. The Morgan fingerprint density at radius 2 is 2.05 bits per heavy atom. The van der Waals surface area contributed by atoms with Gasteiger partial charge in [0.25, 0.3) is 0 Å². The fourth-order valence-corrected chi connectivity index (χ4v) is 5.44. The number of aromatic nitrogens is 1. The molecule has 9 heteroatoms. The number of likely N-dealkylation sites (tertiary alicyclic amines) is 1. The molecule has 0 unspecified atom stereocenters. The van der Waals surface area contributed by atoms with Crippen molar-refractivity contribution >= 4 is 16.9 Å². The third-order valence-corrected chi connectivity index (χ3v) is 7.46. The summed E-state index contributed by atoms with van der Waals surface area (Å²) in [7, 11) is 3.55. The summed E-state index contributed by atoms with van der Waals surface area (Å²) in [6.45, 7) is 1.49. The normalized spacial score (nSPS) is 18.4. The highest BCUT2D eigenvalue weighted by molar-refractivity contribution is 5.84. The second-order valence-corrected chi connectivity index (χ2v) is 9.89. The Hall–Kier alpha value is -3.61. The van der Waals surface area contributed by atoms with Gasteiger partial charge in [-0.25, -0.2) is 13.2 Å². The number of nitrogens with zero attached hydrogens (tertiary/aromatic N) is 2. The van der Waals surface area contributed by atoms with Crippen molar-refractivity contribution in [2.75, 3.05) is 33.8 Å². The first-order valence-electron chi connectivity index (χ1n) is 13.0. The zero-order chi connectivity index (χ0) is 27.9. The summed E-state index contributed by atoms with van der Waals surface area (Å²) in [4.78, 5) is 18.1. The first-order valence-corrected chi connectivity index (χ1v) is 13.0. The molecule has 1 aromatic heterocycles. The van der Waals surface area contributed by atoms with Gasteiger partial charge in [-0.1, -0.05) is 11.8 Å². The van der Waals surface area contributed by atoms with Gasteiger partial charge in [-0.15, -0.1) is 0 Å². The molecule has 206 valence electrons. The van der Waals surface area contributed by atoms with E-state index in [0.29, 0.717) is 19.2 Å². The number of hydrogen-bond acceptors (Lipinski definition) is 5. The van der Waals surface area contributed by atoms with Gasteiger partial charge in [-0.3, -0.25) is 14.7 Å². The quantitative estimate of drug-likeness (QED) is 0.289. The molecule has 0 saturated carbocycles. The summed E-state index contributed by atoms with van der Waals surface area (Å²) < 4.78 is 46.2. The number of piperidine rings is 1. The van der Waals surface area contributed by atoms with Crippen LogP contribution in [-0.4, -0.2) is 54.8 Å². The van der Waals surface area contributed by atoms with Gasteiger partial charge in [0.05, 0.1) is 24.7 Å². The van der Waals surface area contributed by atoms with Crippen molar-refractivity contribution in [3.8, 4) is 17.6 Å². The Bertz CT molecular complexity index is 1390. The van der Waals surface area contributed by atoms with E-state index in [2.05, 4.69) is 22.1 Å². The van der Waals surface area contributed by atoms with Crippen LogP contribution in [0.3, 0.4) is 0 Å². The standard InChI is InChI=1S/C30H32F3N3O3/c1-34-27(24-9-11-35-28-8-6-23(39-2)17-25(24)28)7-5-19-10-13-36(18-21(19)15-29(37)38)12-3-4-20-14-22(31)16-26(32)30(20)33/h6,8-9,11,14,16-17,19,21,27,34H,5,7,10,12-13,15,18H2,1-2H3,(H,37,38)/t19-,21+,27+/m1/s1. The highest BCUT2D eigenvalue weighted by atomic mass is 19.2. The van der Waals surface area contributed by atoms with Gasteiger partial charge in [-0.05, 0) is 80.6 Å². The molecule has 1 aliphatic rings. The van der Waals surface area contributed by atoms with Crippen LogP contribution in [0.1, 0.15) is 42.9 Å². The van der Waals surface area contributed by atoms with Crippen LogP contribution in [0.4, 0.5) is 13.2 Å². The number of methoxy groups -OCH3 is 1. The number of nitrogens with one attached hydrogen (secondary N) is 1. The predicted octanol–water partition coefficient (Wildman–Crippen LogP) is 5.17. The van der Waals surface area contributed by atoms with Gasteiger partial charge in [0.1, 0.15) is 11.6 Å². The number of rotatable bonds is 9. The Morgan fingerprint density at radius 1 is 1.23 bits per heavy atom. The Morgan fingerprint density at radius 3 is 2.79 bits per heavy atom. The van der Waals surface area contributed by atoms with Crippen molar-refractivity contribution in [1.29, 1.82) is 0 Å². The number of aliphatic carboxylic acids is 1. The third kappa shape index (κ3) is 7.08. The highest BCUT2D eigenvalue weighted by Crippen LogP contribution is 2.34. The first kappa shape index (κ1) is 28.4. The number of carboxylic acids is 1. The molecule has 0 aliphatic carbocycles. The van der Waals surface area contributed by atoms with E-state index >= 15 is 0 Å². The van der Waals surface area contributed by atoms with Gasteiger partial charge < -0.3 is 15.2 Å². The van der Waals surface area contributed by atoms with Crippen LogP contribution < -0.4 is 10.1 Å². The number of fused-ring (bicyclic) bond motifs is 1. The van der Waals surface area contributed by atoms with Crippen LogP contribution in [0.15, 0.2) is 42.6 Å². The van der Waals surface area contributed by atoms with Crippen LogP contribution in [0, 0.1) is 41.1 Å². The maximum absolute atomic E-state index is 13.9. The fraction of sp³-hybridized carbons (Fsp3) is 0.400. The molecule has 39 heavy (non-hydrogen) atoms. The molecule has 0 amide bonds. The van der Waals surface area contributed by atoms with Crippen molar-refractivity contribution in [3.05, 3.63) is 71.2 Å². The van der Waals surface area contributed by atoms with Crippen LogP contribution in [0.2, 0.25) is 0 Å². The topological polar surface area (TPSA) is 74.7 Å². The molecule has 1 aliphatic heterocycles. The predicted molar refractivity (Wildman–Crippen MR) is 143 cm³/mol. The summed E-state index contributed by atoms with van der Waals surface area (Å²) in [6.07, 6.45) is 4.29. The third-order valence-electron chi connectivity index (χ3n) is 7.46. The zero-order valence-electron chi connectivity index (χ0n) is 22.0. The van der Waals surface area contributed by atoms with E-state index in [1.54, 1.807) is 13.3 Å². The molecule has 2 aromatic carbocycles. The van der Waals surface area contributed by atoms with E-state index in [1.165, 1.54) is 0 Å². The molecule has 2 heterocycles. The number of benzene rings is 2. The first-order chi connectivity index (χ1) is 18.8. The summed E-state index contributed by atoms with van der Waals surface area (Å²) in [5, 5.41) is 14.0. The van der Waals surface area contributed by atoms with E-state index in [0.717, 1.165) is 47.5 Å². The molecular weight excluding hydrogens is 507 g/mol. The lowest BCUT2D eigenvalue weighted by molar-refractivity contribution is -0.139. The Balaban J connectivity index is 1.43. The van der Waals surface area contributed by atoms with Gasteiger partial charge in [0.15, 0.2) is 11.6 Å². The van der Waals surface area contributed by atoms with E-state index in [4.69, 9.17) is 4.74 Å². The number of carboxylic acid groups (broad SMARTS) is 1. The molecule has 0 radical (unpaired) electrons. The molecule has 0 spiro atoms. The van der Waals surface area contributed by atoms with E-state index < -0.39 is 23.4 Å². The summed E-state index contributed by atoms with van der Waals surface area (Å²) in [5.41, 5.74) is 1.67. The smallest absolute Gasteiger partial charge is 0.303 e. The van der Waals surface area contributed by atoms with Crippen LogP contribution in [0.5, 0.6) is 5.75 Å². The highest BCUT2D eigenvalue weighted by Gasteiger charge is 2.31. The maximum atomic E-state index is 13.9. The van der Waals surface area contributed by atoms with E-state index in [-0.39, 0.29) is 36.4 Å². The van der Waals surface area contributed by atoms with Crippen molar-refractivity contribution in [1.82, 2.24) is 15.2 Å². The largest absolute Gasteiger partial charge is 0.497 e. The van der Waals surface area contributed by atoms with Gasteiger partial charge in [0.2, 0.25) is 0 Å². The Kier molecular flexibility index (Phi) is 9.44. The second-order valence-electron chi connectivity index (χ2n) is 9.89. The lowest BCUT2D eigenvalue weighted by atomic mass is 9.79. The van der Waals surface area contributed by atoms with Crippen LogP contribution >= 0.6 is 0 Å². The molecule has 1 fully saturated rings. The summed E-state index contributed by atoms with van der Waals surface area (Å²) in [6, 6.07) is 9.21. The summed E-state index contributed by atoms with van der Waals surface area (Å²) >= 11 is 0. The molecule has 6 nitrogen and oxygen atoms in total. The molecule has 3 atom stereocenters. The lowest BCUT2D eigenvalue weighted by Crippen LogP contribution is -2.41. The number of halogens is 3. The SMILES string of the molecule is CN[C@@H](CC[C@@H]1CCN(CC#Cc2cc(F)cc(F)c2F)C[C@@H]1CC(=O)O)c1ccnc2ccc(OC)cc12. The average molecular weight is 540 g/mol. The molecular formula is C30H32F3N3O3. The number of ether oxygens (including phenoxy) is 1. The number of hydrogen-bond donors (Lipinski definition) is 2. The maximum Gasteiger partial charge on any atom is 0.303 e. The molecule has 4 rings (SSSR count). The number of pyridine rings is 1. The van der Waals surface area contributed by atoms with Crippen molar-refractivity contribution in [2.45, 2.75) is 31.7 Å².